The van der Waals surface area contributed by atoms with Gasteiger partial charge in [-0.15, -0.1) is 0 Å². The quantitative estimate of drug-likeness (QED) is 0.913. The summed E-state index contributed by atoms with van der Waals surface area (Å²) in [4.78, 5) is 2.11. The maximum Gasteiger partial charge on any atom is 0.0667 e. The molecule has 0 aromatic heterocycles. The van der Waals surface area contributed by atoms with Crippen LogP contribution in [0.2, 0.25) is 5.02 Å². The Morgan fingerprint density at radius 2 is 2.09 bits per heavy atom. The van der Waals surface area contributed by atoms with Crippen molar-refractivity contribution in [3.63, 3.8) is 0 Å². The molecule has 1 aliphatic heterocycles. The molecule has 0 unspecified atom stereocenters. The van der Waals surface area contributed by atoms with Gasteiger partial charge >= 0.3 is 0 Å². The van der Waals surface area contributed by atoms with Crippen LogP contribution in [0.4, 0.5) is 11.4 Å². The Balaban J connectivity index is 1.82. The summed E-state index contributed by atoms with van der Waals surface area (Å²) in [5.74, 6) is 0. The van der Waals surface area contributed by atoms with Gasteiger partial charge in [0.15, 0.2) is 0 Å². The number of para-hydroxylation sites is 1. The molecule has 1 heterocycles. The molecule has 22 heavy (non-hydrogen) atoms. The molecule has 1 aliphatic rings. The van der Waals surface area contributed by atoms with Gasteiger partial charge in [-0.2, -0.15) is 0 Å². The Morgan fingerprint density at radius 3 is 2.86 bits per heavy atom. The Kier molecular flexibility index (Phi) is 4.25. The molecule has 0 spiro atoms. The van der Waals surface area contributed by atoms with Crippen LogP contribution >= 0.6 is 11.6 Å². The number of anilines is 2. The van der Waals surface area contributed by atoms with E-state index >= 15 is 0 Å². The third-order valence-corrected chi connectivity index (χ3v) is 4.31. The molecule has 0 amide bonds. The summed E-state index contributed by atoms with van der Waals surface area (Å²) in [5, 5.41) is 11.9. The predicted octanol–water partition coefficient (Wildman–Crippen LogP) is 3.06. The van der Waals surface area contributed by atoms with Crippen molar-refractivity contribution >= 4 is 23.0 Å². The monoisotopic (exact) mass is 317 g/mol. The highest BCUT2D eigenvalue weighted by atomic mass is 35.5. The summed E-state index contributed by atoms with van der Waals surface area (Å²) in [7, 11) is 2.02. The first-order chi connectivity index (χ1) is 10.5. The average Bonchev–Trinajstić information content (AvgIpc) is 2.47. The van der Waals surface area contributed by atoms with E-state index in [-0.39, 0.29) is 6.04 Å². The third-order valence-electron chi connectivity index (χ3n) is 3.99. The highest BCUT2D eigenvalue weighted by Crippen LogP contribution is 2.29. The standard InChI is InChI=1S/C17H20ClN3O/c1-20(17-5-3-2-4-15(17)18)10-12-6-7-16-13(8-12)9-14(19)11-21(16)22/h2-8,14,22H,9-11,19H2,1H3/t14-/m0/s1. The number of hydroxylamine groups is 1. The Hall–Kier alpha value is -1.75. The van der Waals surface area contributed by atoms with Crippen LogP contribution < -0.4 is 15.7 Å². The van der Waals surface area contributed by atoms with Crippen molar-refractivity contribution in [2.24, 2.45) is 5.73 Å². The van der Waals surface area contributed by atoms with Gasteiger partial charge in [0.2, 0.25) is 0 Å². The van der Waals surface area contributed by atoms with Gasteiger partial charge in [0.25, 0.3) is 0 Å². The summed E-state index contributed by atoms with van der Waals surface area (Å²) in [6, 6.07) is 13.9. The number of rotatable bonds is 3. The summed E-state index contributed by atoms with van der Waals surface area (Å²) in [6.45, 7) is 1.23. The summed E-state index contributed by atoms with van der Waals surface area (Å²) in [6.07, 6.45) is 0.788. The lowest BCUT2D eigenvalue weighted by atomic mass is 9.97. The van der Waals surface area contributed by atoms with Crippen molar-refractivity contribution in [1.82, 2.24) is 0 Å². The Bertz CT molecular complexity index is 677. The van der Waals surface area contributed by atoms with Crippen molar-refractivity contribution in [2.75, 3.05) is 23.6 Å². The molecule has 0 aliphatic carbocycles. The Labute approximate surface area is 135 Å². The van der Waals surface area contributed by atoms with Crippen LogP contribution in [0.25, 0.3) is 0 Å². The second-order valence-corrected chi connectivity index (χ2v) is 6.22. The maximum atomic E-state index is 9.94. The molecule has 0 bridgehead atoms. The summed E-state index contributed by atoms with van der Waals surface area (Å²) >= 11 is 6.24. The van der Waals surface area contributed by atoms with Crippen LogP contribution in [0.15, 0.2) is 42.5 Å². The van der Waals surface area contributed by atoms with E-state index in [1.165, 1.54) is 10.6 Å². The van der Waals surface area contributed by atoms with E-state index in [1.54, 1.807) is 0 Å². The molecule has 2 aromatic carbocycles. The van der Waals surface area contributed by atoms with Gasteiger partial charge in [0.1, 0.15) is 0 Å². The van der Waals surface area contributed by atoms with Crippen molar-refractivity contribution in [3.05, 3.63) is 58.6 Å². The van der Waals surface area contributed by atoms with Crippen molar-refractivity contribution in [1.29, 1.82) is 0 Å². The second-order valence-electron chi connectivity index (χ2n) is 5.82. The first-order valence-electron chi connectivity index (χ1n) is 7.34. The second kappa shape index (κ2) is 6.16. The molecule has 0 radical (unpaired) electrons. The fraction of sp³-hybridized carbons (Fsp3) is 0.294. The number of benzene rings is 2. The number of nitrogens with two attached hydrogens (primary N) is 1. The molecule has 1 atom stereocenters. The number of halogens is 1. The molecular formula is C17H20ClN3O. The van der Waals surface area contributed by atoms with Crippen LogP contribution in [-0.2, 0) is 13.0 Å². The molecule has 0 saturated carbocycles. The zero-order valence-corrected chi connectivity index (χ0v) is 13.3. The van der Waals surface area contributed by atoms with Gasteiger partial charge in [-0.3, -0.25) is 10.3 Å². The molecule has 3 rings (SSSR count). The van der Waals surface area contributed by atoms with E-state index in [1.807, 2.05) is 43.4 Å². The maximum absolute atomic E-state index is 9.94. The third kappa shape index (κ3) is 3.04. The average molecular weight is 318 g/mol. The first kappa shape index (κ1) is 15.2. The molecule has 0 fully saturated rings. The van der Waals surface area contributed by atoms with Gasteiger partial charge in [-0.05, 0) is 35.7 Å². The fourth-order valence-corrected chi connectivity index (χ4v) is 3.22. The number of fused-ring (bicyclic) bond motifs is 1. The van der Waals surface area contributed by atoms with E-state index in [2.05, 4.69) is 11.0 Å². The number of hydrogen-bond donors (Lipinski definition) is 2. The molecular weight excluding hydrogens is 298 g/mol. The van der Waals surface area contributed by atoms with Gasteiger partial charge in [-0.25, -0.2) is 0 Å². The molecule has 3 N–H and O–H groups in total. The van der Waals surface area contributed by atoms with Crippen LogP contribution in [0, 0.1) is 0 Å². The predicted molar refractivity (Wildman–Crippen MR) is 90.8 cm³/mol. The van der Waals surface area contributed by atoms with Gasteiger partial charge in [0, 0.05) is 19.6 Å². The minimum absolute atomic E-state index is 0.0333. The highest BCUT2D eigenvalue weighted by molar-refractivity contribution is 6.33. The van der Waals surface area contributed by atoms with Gasteiger partial charge in [-0.1, -0.05) is 35.9 Å². The lowest BCUT2D eigenvalue weighted by Gasteiger charge is -2.30. The normalized spacial score (nSPS) is 17.3. The lowest BCUT2D eigenvalue weighted by molar-refractivity contribution is 0.238. The van der Waals surface area contributed by atoms with Crippen molar-refractivity contribution in [3.8, 4) is 0 Å². The van der Waals surface area contributed by atoms with E-state index in [0.717, 1.165) is 34.9 Å². The zero-order valence-electron chi connectivity index (χ0n) is 12.5. The van der Waals surface area contributed by atoms with E-state index in [4.69, 9.17) is 17.3 Å². The highest BCUT2D eigenvalue weighted by Gasteiger charge is 2.21. The topological polar surface area (TPSA) is 52.7 Å². The minimum Gasteiger partial charge on any atom is -0.369 e. The fourth-order valence-electron chi connectivity index (χ4n) is 2.94. The molecule has 5 heteroatoms. The lowest BCUT2D eigenvalue weighted by Crippen LogP contribution is -2.41. The minimum atomic E-state index is -0.0333. The Morgan fingerprint density at radius 1 is 1.32 bits per heavy atom. The number of nitrogens with zero attached hydrogens (tertiary/aromatic N) is 2. The van der Waals surface area contributed by atoms with Gasteiger partial charge in [0.05, 0.1) is 22.9 Å². The summed E-state index contributed by atoms with van der Waals surface area (Å²) < 4.78 is 0. The molecule has 2 aromatic rings. The largest absolute Gasteiger partial charge is 0.369 e. The van der Waals surface area contributed by atoms with Crippen molar-refractivity contribution in [2.45, 2.75) is 19.0 Å². The summed E-state index contributed by atoms with van der Waals surface area (Å²) in [5.41, 5.74) is 10.1. The van der Waals surface area contributed by atoms with Crippen molar-refractivity contribution < 1.29 is 5.21 Å². The van der Waals surface area contributed by atoms with Crippen LogP contribution in [-0.4, -0.2) is 24.8 Å². The van der Waals surface area contributed by atoms with E-state index in [0.29, 0.717) is 6.54 Å². The van der Waals surface area contributed by atoms with Gasteiger partial charge < -0.3 is 10.6 Å². The number of hydrogen-bond acceptors (Lipinski definition) is 4. The van der Waals surface area contributed by atoms with Crippen LogP contribution in [0.3, 0.4) is 0 Å². The molecule has 0 saturated heterocycles. The SMILES string of the molecule is CN(Cc1ccc2c(c1)C[C@H](N)CN2O)c1ccccc1Cl. The zero-order chi connectivity index (χ0) is 15.7. The van der Waals surface area contributed by atoms with Crippen LogP contribution in [0.1, 0.15) is 11.1 Å². The first-order valence-corrected chi connectivity index (χ1v) is 7.72. The molecule has 116 valence electrons. The smallest absolute Gasteiger partial charge is 0.0667 e. The van der Waals surface area contributed by atoms with E-state index in [9.17, 15) is 5.21 Å². The van der Waals surface area contributed by atoms with Crippen LogP contribution in [0.5, 0.6) is 0 Å². The molecule has 4 nitrogen and oxygen atoms in total. The van der Waals surface area contributed by atoms with E-state index < -0.39 is 0 Å².